The Hall–Kier alpha value is -3.97. The van der Waals surface area contributed by atoms with E-state index in [1.54, 1.807) is 11.0 Å². The second kappa shape index (κ2) is 13.6. The number of amides is 2. The molecule has 3 atom stereocenters. The molecule has 41 heavy (non-hydrogen) atoms. The Morgan fingerprint density at radius 3 is 2.20 bits per heavy atom. The van der Waals surface area contributed by atoms with Crippen LogP contribution in [-0.2, 0) is 22.6 Å². The third kappa shape index (κ3) is 7.22. The number of carbonyl (C=O) groups excluding carboxylic acids is 2. The van der Waals surface area contributed by atoms with Gasteiger partial charge in [0.1, 0.15) is 11.4 Å². The topological polar surface area (TPSA) is 110 Å². The molecule has 0 bridgehead atoms. The van der Waals surface area contributed by atoms with Crippen LogP contribution in [0.25, 0.3) is 11.1 Å². The maximum Gasteiger partial charge on any atom is 0.235 e. The number of rotatable bonds is 12. The van der Waals surface area contributed by atoms with E-state index in [4.69, 9.17) is 10.2 Å². The maximum atomic E-state index is 14.4. The van der Waals surface area contributed by atoms with E-state index in [9.17, 15) is 14.7 Å². The Labute approximate surface area is 241 Å². The third-order valence-corrected chi connectivity index (χ3v) is 8.31. The van der Waals surface area contributed by atoms with Crippen LogP contribution in [-0.4, -0.2) is 32.8 Å². The SMILES string of the molecule is NC(=O)C(CC1CCCCC1)C(=O)N(Cc1ccccc1)C(CCc1ccccc1)C(O)c1nc2ccccc2o1. The van der Waals surface area contributed by atoms with Crippen LogP contribution in [0.15, 0.2) is 89.3 Å². The Kier molecular flexibility index (Phi) is 9.47. The average molecular weight is 554 g/mol. The molecule has 0 radical (unpaired) electrons. The molecular weight excluding hydrogens is 514 g/mol. The summed E-state index contributed by atoms with van der Waals surface area (Å²) in [6.45, 7) is 0.227. The molecule has 1 aliphatic carbocycles. The third-order valence-electron chi connectivity index (χ3n) is 8.31. The summed E-state index contributed by atoms with van der Waals surface area (Å²) in [5, 5.41) is 11.8. The quantitative estimate of drug-likeness (QED) is 0.210. The lowest BCUT2D eigenvalue weighted by Crippen LogP contribution is -2.49. The highest BCUT2D eigenvalue weighted by Gasteiger charge is 2.39. The summed E-state index contributed by atoms with van der Waals surface area (Å²) in [4.78, 5) is 33.4. The number of hydrogen-bond donors (Lipinski definition) is 2. The zero-order valence-corrected chi connectivity index (χ0v) is 23.4. The molecule has 1 fully saturated rings. The van der Waals surface area contributed by atoms with Gasteiger partial charge in [0.05, 0.1) is 6.04 Å². The second-order valence-corrected chi connectivity index (χ2v) is 11.2. The summed E-state index contributed by atoms with van der Waals surface area (Å²) in [5.41, 5.74) is 9.10. The first-order valence-corrected chi connectivity index (χ1v) is 14.7. The van der Waals surface area contributed by atoms with Crippen molar-refractivity contribution in [3.63, 3.8) is 0 Å². The van der Waals surface area contributed by atoms with Crippen LogP contribution in [0, 0.1) is 11.8 Å². The van der Waals surface area contributed by atoms with Gasteiger partial charge < -0.3 is 20.2 Å². The van der Waals surface area contributed by atoms with Crippen LogP contribution in [0.2, 0.25) is 0 Å². The molecule has 214 valence electrons. The van der Waals surface area contributed by atoms with E-state index in [1.807, 2.05) is 78.9 Å². The zero-order chi connectivity index (χ0) is 28.6. The van der Waals surface area contributed by atoms with Gasteiger partial charge in [-0.25, -0.2) is 4.98 Å². The normalized spacial score (nSPS) is 16.2. The number of aryl methyl sites for hydroxylation is 1. The summed E-state index contributed by atoms with van der Waals surface area (Å²) >= 11 is 0. The molecule has 5 rings (SSSR count). The zero-order valence-electron chi connectivity index (χ0n) is 23.4. The van der Waals surface area contributed by atoms with Crippen molar-refractivity contribution in [2.75, 3.05) is 0 Å². The summed E-state index contributed by atoms with van der Waals surface area (Å²) in [6, 6.07) is 26.3. The molecular formula is C34H39N3O4. The van der Waals surface area contributed by atoms with Crippen molar-refractivity contribution in [3.05, 3.63) is 102 Å². The van der Waals surface area contributed by atoms with E-state index in [-0.39, 0.29) is 24.3 Å². The summed E-state index contributed by atoms with van der Waals surface area (Å²) in [6.07, 6.45) is 5.68. The molecule has 7 heteroatoms. The number of benzene rings is 3. The van der Waals surface area contributed by atoms with Crippen LogP contribution < -0.4 is 5.73 Å². The fourth-order valence-electron chi connectivity index (χ4n) is 6.06. The van der Waals surface area contributed by atoms with Gasteiger partial charge in [-0.1, -0.05) is 105 Å². The molecule has 3 aromatic carbocycles. The first kappa shape index (κ1) is 28.6. The van der Waals surface area contributed by atoms with Gasteiger partial charge in [0, 0.05) is 6.54 Å². The highest BCUT2D eigenvalue weighted by atomic mass is 16.4. The van der Waals surface area contributed by atoms with Crippen molar-refractivity contribution in [2.45, 2.75) is 70.1 Å². The van der Waals surface area contributed by atoms with Gasteiger partial charge in [0.25, 0.3) is 0 Å². The predicted octanol–water partition coefficient (Wildman–Crippen LogP) is 5.96. The number of primary amides is 1. The molecule has 1 saturated carbocycles. The molecule has 4 aromatic rings. The monoisotopic (exact) mass is 553 g/mol. The predicted molar refractivity (Wildman–Crippen MR) is 158 cm³/mol. The van der Waals surface area contributed by atoms with Gasteiger partial charge in [-0.15, -0.1) is 0 Å². The highest BCUT2D eigenvalue weighted by molar-refractivity contribution is 5.99. The van der Waals surface area contributed by atoms with Crippen LogP contribution in [0.3, 0.4) is 0 Å². The van der Waals surface area contributed by atoms with Crippen LogP contribution in [0.5, 0.6) is 0 Å². The molecule has 0 aliphatic heterocycles. The van der Waals surface area contributed by atoms with Crippen LogP contribution >= 0.6 is 0 Å². The molecule has 3 N–H and O–H groups in total. The van der Waals surface area contributed by atoms with Crippen molar-refractivity contribution in [1.29, 1.82) is 0 Å². The van der Waals surface area contributed by atoms with Gasteiger partial charge in [-0.05, 0) is 48.4 Å². The van der Waals surface area contributed by atoms with Crippen molar-refractivity contribution >= 4 is 22.9 Å². The largest absolute Gasteiger partial charge is 0.438 e. The van der Waals surface area contributed by atoms with E-state index in [2.05, 4.69) is 4.98 Å². The number of carbonyl (C=O) groups is 2. The van der Waals surface area contributed by atoms with Gasteiger partial charge in [-0.2, -0.15) is 0 Å². The summed E-state index contributed by atoms with van der Waals surface area (Å²) < 4.78 is 5.98. The van der Waals surface area contributed by atoms with Crippen molar-refractivity contribution in [2.24, 2.45) is 17.6 Å². The van der Waals surface area contributed by atoms with Gasteiger partial charge in [0.15, 0.2) is 11.7 Å². The van der Waals surface area contributed by atoms with E-state index in [1.165, 1.54) is 6.42 Å². The number of fused-ring (bicyclic) bond motifs is 1. The number of oxazole rings is 1. The van der Waals surface area contributed by atoms with E-state index in [0.29, 0.717) is 30.4 Å². The molecule has 2 amide bonds. The minimum absolute atomic E-state index is 0.151. The second-order valence-electron chi connectivity index (χ2n) is 11.2. The summed E-state index contributed by atoms with van der Waals surface area (Å²) in [7, 11) is 0. The smallest absolute Gasteiger partial charge is 0.235 e. The standard InChI is InChI=1S/C34H39N3O4/c35-32(39)27(22-25-14-6-2-7-15-25)34(40)37(23-26-16-8-3-9-17-26)29(21-20-24-12-4-1-5-13-24)31(38)33-36-28-18-10-11-19-30(28)41-33/h1,3-5,8-13,16-19,25,27,29,31,38H,2,6-7,14-15,20-23H2,(H2,35,39). The number of aromatic nitrogens is 1. The molecule has 0 spiro atoms. The highest BCUT2D eigenvalue weighted by Crippen LogP contribution is 2.33. The molecule has 0 saturated heterocycles. The number of para-hydroxylation sites is 2. The molecule has 7 nitrogen and oxygen atoms in total. The molecule has 1 heterocycles. The lowest BCUT2D eigenvalue weighted by molar-refractivity contribution is -0.147. The van der Waals surface area contributed by atoms with Crippen LogP contribution in [0.1, 0.15) is 68.1 Å². The van der Waals surface area contributed by atoms with Crippen molar-refractivity contribution < 1.29 is 19.1 Å². The average Bonchev–Trinajstić information content (AvgIpc) is 3.45. The van der Waals surface area contributed by atoms with E-state index >= 15 is 0 Å². The van der Waals surface area contributed by atoms with Gasteiger partial charge >= 0.3 is 0 Å². The minimum atomic E-state index is -1.21. The lowest BCUT2D eigenvalue weighted by Gasteiger charge is -2.37. The molecule has 3 unspecified atom stereocenters. The first-order valence-electron chi connectivity index (χ1n) is 14.7. The molecule has 1 aromatic heterocycles. The van der Waals surface area contributed by atoms with Gasteiger partial charge in [0.2, 0.25) is 17.7 Å². The van der Waals surface area contributed by atoms with E-state index in [0.717, 1.165) is 36.8 Å². The Bertz CT molecular complexity index is 1380. The Balaban J connectivity index is 1.51. The van der Waals surface area contributed by atoms with Crippen molar-refractivity contribution in [1.82, 2.24) is 9.88 Å². The fraction of sp³-hybridized carbons (Fsp3) is 0.382. The number of aliphatic hydroxyl groups excluding tert-OH is 1. The number of aliphatic hydroxyl groups is 1. The first-order chi connectivity index (χ1) is 20.0. The van der Waals surface area contributed by atoms with Crippen molar-refractivity contribution in [3.8, 4) is 0 Å². The lowest BCUT2D eigenvalue weighted by atomic mass is 9.82. The molecule has 1 aliphatic rings. The summed E-state index contributed by atoms with van der Waals surface area (Å²) in [5.74, 6) is -1.49. The Morgan fingerprint density at radius 1 is 0.902 bits per heavy atom. The Morgan fingerprint density at radius 2 is 1.54 bits per heavy atom. The number of nitrogens with zero attached hydrogens (tertiary/aromatic N) is 2. The fourth-order valence-corrected chi connectivity index (χ4v) is 6.06. The van der Waals surface area contributed by atoms with Gasteiger partial charge in [-0.3, -0.25) is 9.59 Å². The number of hydrogen-bond acceptors (Lipinski definition) is 5. The number of nitrogens with two attached hydrogens (primary N) is 1. The van der Waals surface area contributed by atoms with Crippen LogP contribution in [0.4, 0.5) is 0 Å². The maximum absolute atomic E-state index is 14.4. The van der Waals surface area contributed by atoms with E-state index < -0.39 is 24.0 Å². The minimum Gasteiger partial charge on any atom is -0.438 e.